The largest absolute Gasteiger partial charge is 0.481 e. The van der Waals surface area contributed by atoms with E-state index in [9.17, 15) is 13.2 Å². The van der Waals surface area contributed by atoms with Crippen LogP contribution >= 0.6 is 22.6 Å². The molecular weight excluding hydrogens is 551 g/mol. The second kappa shape index (κ2) is 12.2. The lowest BCUT2D eigenvalue weighted by molar-refractivity contribution is -0.687. The van der Waals surface area contributed by atoms with Crippen molar-refractivity contribution in [3.8, 4) is 0 Å². The lowest BCUT2D eigenvalue weighted by Crippen LogP contribution is -2.85. The Balaban J connectivity index is 1.58. The molecule has 1 atom stereocenters. The molecule has 0 aromatic heterocycles. The van der Waals surface area contributed by atoms with Crippen LogP contribution in [0.3, 0.4) is 0 Å². The molecule has 33 heavy (non-hydrogen) atoms. The van der Waals surface area contributed by atoms with Crippen molar-refractivity contribution in [2.24, 2.45) is 0 Å². The number of sulfonamides is 1. The SMILES string of the molecule is CN1c2ccccc2C([NH2+]CCCCCCCCCCC(=O)O)c2ccc(I)cc2S1(=O)=O. The number of aliphatic carboxylic acids is 1. The minimum atomic E-state index is -3.61. The van der Waals surface area contributed by atoms with Gasteiger partial charge in [0, 0.05) is 28.2 Å². The third-order valence-corrected chi connectivity index (χ3v) is 8.81. The average Bonchev–Trinajstić information content (AvgIpc) is 2.85. The van der Waals surface area contributed by atoms with Crippen LogP contribution in [-0.2, 0) is 14.8 Å². The van der Waals surface area contributed by atoms with Gasteiger partial charge in [-0.3, -0.25) is 9.10 Å². The first-order chi connectivity index (χ1) is 15.8. The van der Waals surface area contributed by atoms with E-state index in [1.54, 1.807) is 13.1 Å². The summed E-state index contributed by atoms with van der Waals surface area (Å²) in [4.78, 5) is 10.9. The molecule has 8 heteroatoms. The zero-order chi connectivity index (χ0) is 23.8. The van der Waals surface area contributed by atoms with Gasteiger partial charge in [-0.25, -0.2) is 8.42 Å². The summed E-state index contributed by atoms with van der Waals surface area (Å²) >= 11 is 2.17. The van der Waals surface area contributed by atoms with Gasteiger partial charge >= 0.3 is 5.97 Å². The van der Waals surface area contributed by atoms with Crippen LogP contribution in [-0.4, -0.2) is 33.1 Å². The second-order valence-corrected chi connectivity index (χ2v) is 11.9. The van der Waals surface area contributed by atoms with Gasteiger partial charge in [0.05, 0.1) is 17.1 Å². The van der Waals surface area contributed by atoms with Crippen LogP contribution in [0.15, 0.2) is 47.4 Å². The normalized spacial score (nSPS) is 16.7. The Hall–Kier alpha value is -1.65. The number of anilines is 1. The first kappa shape index (κ1) is 26.0. The molecule has 1 aliphatic rings. The molecule has 0 radical (unpaired) electrons. The van der Waals surface area contributed by atoms with Gasteiger partial charge in [0.25, 0.3) is 10.0 Å². The molecule has 6 nitrogen and oxygen atoms in total. The maximum Gasteiger partial charge on any atom is 0.303 e. The number of hydrogen-bond acceptors (Lipinski definition) is 3. The number of para-hydroxylation sites is 1. The van der Waals surface area contributed by atoms with E-state index >= 15 is 0 Å². The van der Waals surface area contributed by atoms with Crippen molar-refractivity contribution in [2.45, 2.75) is 68.7 Å². The Labute approximate surface area is 211 Å². The summed E-state index contributed by atoms with van der Waals surface area (Å²) < 4.78 is 29.0. The van der Waals surface area contributed by atoms with Crippen molar-refractivity contribution in [3.05, 3.63) is 57.2 Å². The van der Waals surface area contributed by atoms with Gasteiger partial charge in [-0.2, -0.15) is 0 Å². The van der Waals surface area contributed by atoms with E-state index < -0.39 is 16.0 Å². The fourth-order valence-corrected chi connectivity index (χ4v) is 6.68. The van der Waals surface area contributed by atoms with E-state index in [0.29, 0.717) is 4.90 Å². The molecule has 180 valence electrons. The van der Waals surface area contributed by atoms with Crippen molar-refractivity contribution in [2.75, 3.05) is 17.9 Å². The monoisotopic (exact) mass is 585 g/mol. The van der Waals surface area contributed by atoms with Crippen LogP contribution in [0, 0.1) is 3.57 Å². The van der Waals surface area contributed by atoms with Gasteiger partial charge in [-0.05, 0) is 60.1 Å². The molecule has 0 amide bonds. The zero-order valence-corrected chi connectivity index (χ0v) is 22.1. The topological polar surface area (TPSA) is 91.3 Å². The average molecular weight is 586 g/mol. The summed E-state index contributed by atoms with van der Waals surface area (Å²) in [5.74, 6) is -0.704. The maximum absolute atomic E-state index is 13.3. The van der Waals surface area contributed by atoms with Gasteiger partial charge in [-0.15, -0.1) is 0 Å². The Bertz CT molecular complexity index is 1060. The van der Waals surface area contributed by atoms with Crippen molar-refractivity contribution in [1.82, 2.24) is 0 Å². The van der Waals surface area contributed by atoms with Crippen LogP contribution in [0.4, 0.5) is 5.69 Å². The van der Waals surface area contributed by atoms with Crippen LogP contribution in [0.5, 0.6) is 0 Å². The molecule has 0 aliphatic carbocycles. The van der Waals surface area contributed by atoms with Gasteiger partial charge < -0.3 is 10.4 Å². The number of carboxylic acid groups (broad SMARTS) is 1. The van der Waals surface area contributed by atoms with Crippen molar-refractivity contribution in [1.29, 1.82) is 0 Å². The quantitative estimate of drug-likeness (QED) is 0.280. The van der Waals surface area contributed by atoms with Crippen LogP contribution < -0.4 is 9.62 Å². The third kappa shape index (κ3) is 6.70. The number of carboxylic acids is 1. The fourth-order valence-electron chi connectivity index (χ4n) is 4.49. The van der Waals surface area contributed by atoms with E-state index in [0.717, 1.165) is 65.5 Å². The molecule has 0 bridgehead atoms. The molecule has 0 fully saturated rings. The van der Waals surface area contributed by atoms with Gasteiger partial charge in [-0.1, -0.05) is 56.4 Å². The molecule has 0 spiro atoms. The Morgan fingerprint density at radius 1 is 0.970 bits per heavy atom. The molecule has 3 N–H and O–H groups in total. The second-order valence-electron chi connectivity index (χ2n) is 8.69. The van der Waals surface area contributed by atoms with Crippen molar-refractivity contribution >= 4 is 44.3 Å². The predicted octanol–water partition coefficient (Wildman–Crippen LogP) is 4.68. The molecule has 1 heterocycles. The van der Waals surface area contributed by atoms with E-state index in [4.69, 9.17) is 5.11 Å². The van der Waals surface area contributed by atoms with Crippen molar-refractivity contribution in [3.63, 3.8) is 0 Å². The number of halogens is 1. The van der Waals surface area contributed by atoms with Crippen LogP contribution in [0.2, 0.25) is 0 Å². The Morgan fingerprint density at radius 2 is 1.61 bits per heavy atom. The summed E-state index contributed by atoms with van der Waals surface area (Å²) in [6, 6.07) is 13.5. The number of rotatable bonds is 12. The number of fused-ring (bicyclic) bond motifs is 2. The van der Waals surface area contributed by atoms with E-state index in [1.807, 2.05) is 36.4 Å². The third-order valence-electron chi connectivity index (χ3n) is 6.31. The molecule has 1 unspecified atom stereocenters. The predicted molar refractivity (Wildman–Crippen MR) is 139 cm³/mol. The molecule has 2 aromatic carbocycles. The summed E-state index contributed by atoms with van der Waals surface area (Å²) in [7, 11) is -1.97. The summed E-state index contributed by atoms with van der Waals surface area (Å²) in [5, 5.41) is 11.0. The lowest BCUT2D eigenvalue weighted by Gasteiger charge is -2.20. The number of quaternary nitrogens is 1. The number of benzene rings is 2. The van der Waals surface area contributed by atoms with Gasteiger partial charge in [0.1, 0.15) is 6.04 Å². The Morgan fingerprint density at radius 3 is 2.30 bits per heavy atom. The minimum absolute atomic E-state index is 0.0536. The van der Waals surface area contributed by atoms with E-state index in [1.165, 1.54) is 17.1 Å². The first-order valence-corrected chi connectivity index (χ1v) is 14.3. The number of nitrogens with zero attached hydrogens (tertiary/aromatic N) is 1. The number of carbonyl (C=O) groups is 1. The highest BCUT2D eigenvalue weighted by atomic mass is 127. The highest BCUT2D eigenvalue weighted by Gasteiger charge is 2.36. The highest BCUT2D eigenvalue weighted by molar-refractivity contribution is 14.1. The van der Waals surface area contributed by atoms with E-state index in [-0.39, 0.29) is 12.5 Å². The lowest BCUT2D eigenvalue weighted by atomic mass is 9.96. The standard InChI is InChI=1S/C25H33IN2O4S/c1-28-22-13-10-9-12-20(22)25(21-16-15-19(26)18-23(21)33(28,31)32)27-17-11-7-5-3-2-4-6-8-14-24(29)30/h9-10,12-13,15-16,18,25,27H,2-8,11,14,17H2,1H3,(H,29,30)/p+1. The number of unbranched alkanes of at least 4 members (excludes halogenated alkanes) is 7. The van der Waals surface area contributed by atoms with Crippen LogP contribution in [0.1, 0.15) is 75.0 Å². The Kier molecular flexibility index (Phi) is 9.57. The minimum Gasteiger partial charge on any atom is -0.481 e. The maximum atomic E-state index is 13.3. The fraction of sp³-hybridized carbons (Fsp3) is 0.480. The summed E-state index contributed by atoms with van der Waals surface area (Å²) in [6.07, 6.45) is 8.92. The molecule has 0 saturated carbocycles. The smallest absolute Gasteiger partial charge is 0.303 e. The van der Waals surface area contributed by atoms with Crippen molar-refractivity contribution < 1.29 is 23.6 Å². The molecule has 3 rings (SSSR count). The van der Waals surface area contributed by atoms with Crippen LogP contribution in [0.25, 0.3) is 0 Å². The number of hydrogen-bond donors (Lipinski definition) is 2. The molecular formula is C25H34IN2O4S+. The van der Waals surface area contributed by atoms with Gasteiger partial charge in [0.15, 0.2) is 0 Å². The molecule has 1 aliphatic heterocycles. The first-order valence-electron chi connectivity index (χ1n) is 11.7. The molecule has 2 aromatic rings. The van der Waals surface area contributed by atoms with E-state index in [2.05, 4.69) is 27.9 Å². The molecule has 0 saturated heterocycles. The summed E-state index contributed by atoms with van der Waals surface area (Å²) in [6.45, 7) is 0.937. The van der Waals surface area contributed by atoms with Gasteiger partial charge in [0.2, 0.25) is 0 Å². The highest BCUT2D eigenvalue weighted by Crippen LogP contribution is 2.38. The summed E-state index contributed by atoms with van der Waals surface area (Å²) in [5.41, 5.74) is 2.63. The number of nitrogens with two attached hydrogens (primary N) is 1. The zero-order valence-electron chi connectivity index (χ0n) is 19.2.